The molecule has 0 atom stereocenters. The van der Waals surface area contributed by atoms with Crippen LogP contribution in [0.3, 0.4) is 0 Å². The van der Waals surface area contributed by atoms with Gasteiger partial charge < -0.3 is 9.73 Å². The Morgan fingerprint density at radius 3 is 2.75 bits per heavy atom. The topological polar surface area (TPSA) is 68.0 Å². The number of fused-ring (bicyclic) bond motifs is 1. The maximum absolute atomic E-state index is 13.8. The highest BCUT2D eigenvalue weighted by atomic mass is 32.2. The lowest BCUT2D eigenvalue weighted by molar-refractivity contribution is 0.0924. The molecule has 2 heterocycles. The van der Waals surface area contributed by atoms with Crippen molar-refractivity contribution in [3.63, 3.8) is 0 Å². The van der Waals surface area contributed by atoms with Crippen LogP contribution in [-0.4, -0.2) is 16.1 Å². The second-order valence-electron chi connectivity index (χ2n) is 6.06. The number of nitrogens with one attached hydrogen (secondary N) is 1. The molecule has 0 fully saturated rings. The van der Waals surface area contributed by atoms with E-state index in [1.807, 2.05) is 31.2 Å². The molecule has 0 bridgehead atoms. The number of nitrogens with zero attached hydrogens (tertiary/aromatic N) is 2. The zero-order valence-electron chi connectivity index (χ0n) is 14.9. The summed E-state index contributed by atoms with van der Waals surface area (Å²) in [4.78, 5) is 12.8. The summed E-state index contributed by atoms with van der Waals surface area (Å²) >= 11 is 3.01. The van der Waals surface area contributed by atoms with E-state index in [4.69, 9.17) is 4.42 Å². The van der Waals surface area contributed by atoms with Gasteiger partial charge in [-0.25, -0.2) is 4.39 Å². The Labute approximate surface area is 169 Å². The van der Waals surface area contributed by atoms with Gasteiger partial charge in [-0.3, -0.25) is 4.79 Å². The third-order valence-corrected chi connectivity index (χ3v) is 6.15. The van der Waals surface area contributed by atoms with Crippen LogP contribution in [0.2, 0.25) is 0 Å². The van der Waals surface area contributed by atoms with E-state index in [1.54, 1.807) is 18.2 Å². The highest BCUT2D eigenvalue weighted by Gasteiger charge is 2.21. The molecule has 1 amide bonds. The van der Waals surface area contributed by atoms with Crippen LogP contribution in [0, 0.1) is 12.7 Å². The summed E-state index contributed by atoms with van der Waals surface area (Å²) < 4.78 is 20.5. The van der Waals surface area contributed by atoms with Gasteiger partial charge in [-0.1, -0.05) is 59.5 Å². The normalized spacial score (nSPS) is 11.1. The van der Waals surface area contributed by atoms with Crippen molar-refractivity contribution in [2.45, 2.75) is 23.6 Å². The average Bonchev–Trinajstić information content (AvgIpc) is 3.28. The molecule has 0 aliphatic rings. The van der Waals surface area contributed by atoms with Crippen LogP contribution < -0.4 is 5.32 Å². The first-order valence-electron chi connectivity index (χ1n) is 8.56. The molecule has 1 N–H and O–H groups in total. The number of thioether (sulfide) groups is 1. The van der Waals surface area contributed by atoms with Crippen LogP contribution in [0.4, 0.5) is 4.39 Å². The van der Waals surface area contributed by atoms with E-state index in [2.05, 4.69) is 15.5 Å². The second-order valence-corrected chi connectivity index (χ2v) is 8.46. The molecule has 142 valence electrons. The van der Waals surface area contributed by atoms with Crippen molar-refractivity contribution in [1.82, 2.24) is 15.5 Å². The highest BCUT2D eigenvalue weighted by molar-refractivity contribution is 8.00. The summed E-state index contributed by atoms with van der Waals surface area (Å²) in [5.41, 5.74) is 1.86. The first kappa shape index (κ1) is 18.6. The SMILES string of the molecule is Cc1nnc(SCc2c(C(=O)NCc3ccccc3F)oc3ccccc23)s1. The van der Waals surface area contributed by atoms with Gasteiger partial charge in [-0.15, -0.1) is 10.2 Å². The van der Waals surface area contributed by atoms with Gasteiger partial charge in [0, 0.05) is 28.8 Å². The summed E-state index contributed by atoms with van der Waals surface area (Å²) in [5.74, 6) is 0.0401. The molecule has 28 heavy (non-hydrogen) atoms. The third-order valence-electron chi connectivity index (χ3n) is 4.15. The number of aryl methyl sites for hydroxylation is 1. The molecule has 4 rings (SSSR count). The Kier molecular flexibility index (Phi) is 5.40. The van der Waals surface area contributed by atoms with E-state index in [0.717, 1.165) is 20.3 Å². The number of furan rings is 1. The van der Waals surface area contributed by atoms with E-state index in [9.17, 15) is 9.18 Å². The van der Waals surface area contributed by atoms with Crippen LogP contribution in [-0.2, 0) is 12.3 Å². The summed E-state index contributed by atoms with van der Waals surface area (Å²) in [5, 5.41) is 12.7. The van der Waals surface area contributed by atoms with Gasteiger partial charge >= 0.3 is 0 Å². The minimum Gasteiger partial charge on any atom is -0.451 e. The Balaban J connectivity index is 1.58. The fraction of sp³-hybridized carbons (Fsp3) is 0.150. The number of para-hydroxylation sites is 1. The fourth-order valence-corrected chi connectivity index (χ4v) is 4.64. The molecule has 0 aliphatic heterocycles. The number of benzene rings is 2. The van der Waals surface area contributed by atoms with E-state index >= 15 is 0 Å². The van der Waals surface area contributed by atoms with E-state index in [1.165, 1.54) is 29.2 Å². The van der Waals surface area contributed by atoms with E-state index in [0.29, 0.717) is 16.9 Å². The molecular formula is C20H16FN3O2S2. The predicted molar refractivity (Wildman–Crippen MR) is 108 cm³/mol. The van der Waals surface area contributed by atoms with Gasteiger partial charge in [-0.2, -0.15) is 0 Å². The maximum Gasteiger partial charge on any atom is 0.287 e. The highest BCUT2D eigenvalue weighted by Crippen LogP contribution is 2.33. The number of hydrogen-bond acceptors (Lipinski definition) is 6. The average molecular weight is 413 g/mol. The lowest BCUT2D eigenvalue weighted by atomic mass is 10.1. The van der Waals surface area contributed by atoms with Crippen LogP contribution >= 0.6 is 23.1 Å². The van der Waals surface area contributed by atoms with Crippen molar-refractivity contribution in [1.29, 1.82) is 0 Å². The van der Waals surface area contributed by atoms with Crippen molar-refractivity contribution >= 4 is 40.0 Å². The molecular weight excluding hydrogens is 397 g/mol. The van der Waals surface area contributed by atoms with Crippen molar-refractivity contribution in [3.05, 3.63) is 76.2 Å². The Morgan fingerprint density at radius 2 is 1.96 bits per heavy atom. The van der Waals surface area contributed by atoms with Crippen LogP contribution in [0.15, 0.2) is 57.3 Å². The van der Waals surface area contributed by atoms with Gasteiger partial charge in [0.1, 0.15) is 16.4 Å². The number of aromatic nitrogens is 2. The molecule has 2 aromatic heterocycles. The quantitative estimate of drug-likeness (QED) is 0.453. The van der Waals surface area contributed by atoms with Crippen molar-refractivity contribution in [2.75, 3.05) is 0 Å². The third kappa shape index (κ3) is 3.93. The smallest absolute Gasteiger partial charge is 0.287 e. The fourth-order valence-electron chi connectivity index (χ4n) is 2.79. The number of rotatable bonds is 6. The lowest BCUT2D eigenvalue weighted by Crippen LogP contribution is -2.23. The first-order chi connectivity index (χ1) is 13.6. The molecule has 4 aromatic rings. The van der Waals surface area contributed by atoms with Crippen LogP contribution in [0.5, 0.6) is 0 Å². The number of carbonyl (C=O) groups is 1. The molecule has 0 aliphatic carbocycles. The summed E-state index contributed by atoms with van der Waals surface area (Å²) in [6.07, 6.45) is 0. The van der Waals surface area contributed by atoms with Gasteiger partial charge in [-0.05, 0) is 19.1 Å². The van der Waals surface area contributed by atoms with Crippen LogP contribution in [0.1, 0.15) is 26.7 Å². The van der Waals surface area contributed by atoms with E-state index in [-0.39, 0.29) is 24.0 Å². The van der Waals surface area contributed by atoms with E-state index < -0.39 is 0 Å². The lowest BCUT2D eigenvalue weighted by Gasteiger charge is -2.06. The Bertz CT molecular complexity index is 1140. The van der Waals surface area contributed by atoms with Gasteiger partial charge in [0.15, 0.2) is 10.1 Å². The standard InChI is InChI=1S/C20H16FN3O2S2/c1-12-23-24-20(28-12)27-11-15-14-7-3-5-9-17(14)26-18(15)19(25)22-10-13-6-2-4-8-16(13)21/h2-9H,10-11H2,1H3,(H,22,25). The minimum atomic E-state index is -0.372. The largest absolute Gasteiger partial charge is 0.451 e. The Hall–Kier alpha value is -2.71. The number of carbonyl (C=O) groups excluding carboxylic acids is 1. The Morgan fingerprint density at radius 1 is 1.18 bits per heavy atom. The molecule has 0 saturated heterocycles. The number of amides is 1. The second kappa shape index (κ2) is 8.12. The van der Waals surface area contributed by atoms with Crippen molar-refractivity contribution < 1.29 is 13.6 Å². The van der Waals surface area contributed by atoms with Gasteiger partial charge in [0.05, 0.1) is 0 Å². The molecule has 2 aromatic carbocycles. The maximum atomic E-state index is 13.8. The molecule has 0 saturated carbocycles. The number of hydrogen-bond donors (Lipinski definition) is 1. The summed E-state index contributed by atoms with van der Waals surface area (Å²) in [6.45, 7) is 1.99. The van der Waals surface area contributed by atoms with Gasteiger partial charge in [0.25, 0.3) is 5.91 Å². The predicted octanol–water partition coefficient (Wildman–Crippen LogP) is 4.95. The first-order valence-corrected chi connectivity index (χ1v) is 10.4. The molecule has 0 spiro atoms. The summed E-state index contributed by atoms with van der Waals surface area (Å²) in [7, 11) is 0. The summed E-state index contributed by atoms with van der Waals surface area (Å²) in [6, 6.07) is 13.9. The molecule has 5 nitrogen and oxygen atoms in total. The van der Waals surface area contributed by atoms with Crippen molar-refractivity contribution in [3.8, 4) is 0 Å². The number of halogens is 1. The van der Waals surface area contributed by atoms with Crippen molar-refractivity contribution in [2.24, 2.45) is 0 Å². The van der Waals surface area contributed by atoms with Gasteiger partial charge in [0.2, 0.25) is 0 Å². The monoisotopic (exact) mass is 413 g/mol. The molecule has 8 heteroatoms. The minimum absolute atomic E-state index is 0.0880. The van der Waals surface area contributed by atoms with Crippen LogP contribution in [0.25, 0.3) is 11.0 Å². The molecule has 0 unspecified atom stereocenters. The zero-order valence-corrected chi connectivity index (χ0v) is 16.6. The molecule has 0 radical (unpaired) electrons. The zero-order chi connectivity index (χ0) is 19.5.